The van der Waals surface area contributed by atoms with Gasteiger partial charge in [0, 0.05) is 38.0 Å². The van der Waals surface area contributed by atoms with E-state index in [0.29, 0.717) is 12.6 Å². The van der Waals surface area contributed by atoms with E-state index in [1.165, 1.54) is 0 Å². The molecular weight excluding hydrogens is 274 g/mol. The van der Waals surface area contributed by atoms with E-state index in [2.05, 4.69) is 20.6 Å². The third-order valence-corrected chi connectivity index (χ3v) is 4.10. The maximum Gasteiger partial charge on any atom is 0.193 e. The van der Waals surface area contributed by atoms with Gasteiger partial charge in [0.15, 0.2) is 10.9 Å². The molecule has 1 aliphatic heterocycles. The number of aliphatic imine (C=N–C) groups is 1. The first-order valence-corrected chi connectivity index (χ1v) is 7.70. The van der Waals surface area contributed by atoms with Crippen molar-refractivity contribution in [2.45, 2.75) is 25.5 Å². The highest BCUT2D eigenvalue weighted by molar-refractivity contribution is 7.15. The lowest BCUT2D eigenvalue weighted by Crippen LogP contribution is -2.40. The van der Waals surface area contributed by atoms with E-state index in [-0.39, 0.29) is 0 Å². The lowest BCUT2D eigenvalue weighted by molar-refractivity contribution is 0.114. The van der Waals surface area contributed by atoms with Crippen molar-refractivity contribution in [2.24, 2.45) is 4.99 Å². The number of imidazole rings is 1. The number of rotatable bonds is 4. The zero-order chi connectivity index (χ0) is 13.8. The molecule has 1 saturated heterocycles. The van der Waals surface area contributed by atoms with E-state index in [0.717, 1.165) is 42.6 Å². The minimum Gasteiger partial charge on any atom is -0.376 e. The first kappa shape index (κ1) is 13.4. The van der Waals surface area contributed by atoms with Crippen molar-refractivity contribution in [3.05, 3.63) is 23.5 Å². The predicted molar refractivity (Wildman–Crippen MR) is 80.2 cm³/mol. The molecule has 7 heteroatoms. The summed E-state index contributed by atoms with van der Waals surface area (Å²) in [6.45, 7) is 2.35. The van der Waals surface area contributed by atoms with Gasteiger partial charge in [0.05, 0.1) is 18.3 Å². The van der Waals surface area contributed by atoms with Crippen LogP contribution in [0, 0.1) is 0 Å². The van der Waals surface area contributed by atoms with Crippen LogP contribution in [0.5, 0.6) is 0 Å². The Balaban J connectivity index is 1.49. The fourth-order valence-electron chi connectivity index (χ4n) is 2.27. The Morgan fingerprint density at radius 2 is 2.55 bits per heavy atom. The zero-order valence-corrected chi connectivity index (χ0v) is 12.3. The highest BCUT2D eigenvalue weighted by Gasteiger charge is 2.15. The standard InChI is InChI=1S/C13H19N5OS/c1-14-12(16-8-11-3-2-5-19-11)15-7-10-9-18-4-6-20-13(18)17-10/h4,6,9,11H,2-3,5,7-8H2,1H3,(H2,14,15,16). The van der Waals surface area contributed by atoms with Crippen molar-refractivity contribution in [1.82, 2.24) is 20.0 Å². The third-order valence-electron chi connectivity index (χ3n) is 3.32. The number of nitrogens with zero attached hydrogens (tertiary/aromatic N) is 3. The van der Waals surface area contributed by atoms with Gasteiger partial charge in [0.2, 0.25) is 0 Å². The molecule has 20 heavy (non-hydrogen) atoms. The summed E-state index contributed by atoms with van der Waals surface area (Å²) in [4.78, 5) is 9.76. The van der Waals surface area contributed by atoms with Gasteiger partial charge in [-0.2, -0.15) is 0 Å². The van der Waals surface area contributed by atoms with Crippen LogP contribution in [0.3, 0.4) is 0 Å². The number of ether oxygens (including phenoxy) is 1. The van der Waals surface area contributed by atoms with Crippen molar-refractivity contribution in [1.29, 1.82) is 0 Å². The van der Waals surface area contributed by atoms with Gasteiger partial charge in [0.1, 0.15) is 0 Å². The van der Waals surface area contributed by atoms with E-state index in [1.807, 2.05) is 22.2 Å². The maximum atomic E-state index is 5.58. The Kier molecular flexibility index (Phi) is 4.17. The summed E-state index contributed by atoms with van der Waals surface area (Å²) in [5.74, 6) is 0.789. The summed E-state index contributed by atoms with van der Waals surface area (Å²) < 4.78 is 7.61. The minimum atomic E-state index is 0.312. The molecule has 3 rings (SSSR count). The molecule has 2 N–H and O–H groups in total. The molecule has 0 aliphatic carbocycles. The first-order chi connectivity index (χ1) is 9.85. The number of guanidine groups is 1. The normalized spacial score (nSPS) is 19.6. The number of fused-ring (bicyclic) bond motifs is 1. The second-order valence-corrected chi connectivity index (χ2v) is 5.64. The van der Waals surface area contributed by atoms with Crippen LogP contribution >= 0.6 is 11.3 Å². The van der Waals surface area contributed by atoms with E-state index < -0.39 is 0 Å². The van der Waals surface area contributed by atoms with Crippen LogP contribution in [0.25, 0.3) is 4.96 Å². The Labute approximate surface area is 121 Å². The summed E-state index contributed by atoms with van der Waals surface area (Å²) in [7, 11) is 1.77. The molecule has 2 aromatic heterocycles. The van der Waals surface area contributed by atoms with Crippen LogP contribution in [0.15, 0.2) is 22.8 Å². The number of nitrogens with one attached hydrogen (secondary N) is 2. The van der Waals surface area contributed by atoms with Gasteiger partial charge >= 0.3 is 0 Å². The van der Waals surface area contributed by atoms with Gasteiger partial charge in [-0.05, 0) is 12.8 Å². The molecular formula is C13H19N5OS. The molecule has 1 aliphatic rings. The van der Waals surface area contributed by atoms with Gasteiger partial charge in [0.25, 0.3) is 0 Å². The SMILES string of the molecule is CN=C(NCc1cn2ccsc2n1)NCC1CCCO1. The molecule has 1 fully saturated rings. The highest BCUT2D eigenvalue weighted by Crippen LogP contribution is 2.11. The molecule has 0 spiro atoms. The summed E-state index contributed by atoms with van der Waals surface area (Å²) in [6.07, 6.45) is 6.64. The topological polar surface area (TPSA) is 63.0 Å². The Bertz CT molecular complexity index is 556. The van der Waals surface area contributed by atoms with E-state index >= 15 is 0 Å². The molecule has 1 atom stereocenters. The van der Waals surface area contributed by atoms with Crippen LogP contribution in [0.4, 0.5) is 0 Å². The largest absolute Gasteiger partial charge is 0.376 e. The van der Waals surface area contributed by atoms with Crippen molar-refractivity contribution in [3.8, 4) is 0 Å². The molecule has 3 heterocycles. The van der Waals surface area contributed by atoms with Crippen LogP contribution in [0.2, 0.25) is 0 Å². The van der Waals surface area contributed by atoms with Crippen molar-refractivity contribution in [3.63, 3.8) is 0 Å². The second-order valence-electron chi connectivity index (χ2n) is 4.77. The van der Waals surface area contributed by atoms with Crippen LogP contribution in [-0.4, -0.2) is 41.6 Å². The quantitative estimate of drug-likeness (QED) is 0.657. The van der Waals surface area contributed by atoms with Crippen LogP contribution in [0.1, 0.15) is 18.5 Å². The Morgan fingerprint density at radius 3 is 3.30 bits per heavy atom. The predicted octanol–water partition coefficient (Wildman–Crippen LogP) is 1.24. The first-order valence-electron chi connectivity index (χ1n) is 6.82. The number of thiazole rings is 1. The summed E-state index contributed by atoms with van der Waals surface area (Å²) in [6, 6.07) is 0. The fourth-order valence-corrected chi connectivity index (χ4v) is 2.99. The number of hydrogen-bond donors (Lipinski definition) is 2. The Morgan fingerprint density at radius 1 is 1.60 bits per heavy atom. The molecule has 0 bridgehead atoms. The average Bonchev–Trinajstić information content (AvgIpc) is 3.15. The van der Waals surface area contributed by atoms with Gasteiger partial charge in [-0.3, -0.25) is 9.39 Å². The van der Waals surface area contributed by atoms with Crippen LogP contribution < -0.4 is 10.6 Å². The van der Waals surface area contributed by atoms with Gasteiger partial charge in [-0.25, -0.2) is 4.98 Å². The molecule has 6 nitrogen and oxygen atoms in total. The van der Waals surface area contributed by atoms with Gasteiger partial charge in [-0.15, -0.1) is 11.3 Å². The van der Waals surface area contributed by atoms with Crippen molar-refractivity contribution >= 4 is 22.3 Å². The maximum absolute atomic E-state index is 5.58. The molecule has 2 aromatic rings. The van der Waals surface area contributed by atoms with Crippen LogP contribution in [-0.2, 0) is 11.3 Å². The summed E-state index contributed by atoms with van der Waals surface area (Å²) >= 11 is 1.64. The lowest BCUT2D eigenvalue weighted by atomic mass is 10.2. The van der Waals surface area contributed by atoms with Crippen molar-refractivity contribution in [2.75, 3.05) is 20.2 Å². The minimum absolute atomic E-state index is 0.312. The van der Waals surface area contributed by atoms with E-state index in [1.54, 1.807) is 18.4 Å². The molecule has 0 aromatic carbocycles. The Hall–Kier alpha value is -1.60. The van der Waals surface area contributed by atoms with Gasteiger partial charge < -0.3 is 15.4 Å². The highest BCUT2D eigenvalue weighted by atomic mass is 32.1. The van der Waals surface area contributed by atoms with E-state index in [9.17, 15) is 0 Å². The average molecular weight is 293 g/mol. The molecule has 1 unspecified atom stereocenters. The van der Waals surface area contributed by atoms with Crippen molar-refractivity contribution < 1.29 is 4.74 Å². The smallest absolute Gasteiger partial charge is 0.193 e. The molecule has 0 radical (unpaired) electrons. The summed E-state index contributed by atoms with van der Waals surface area (Å²) in [5.41, 5.74) is 1.01. The summed E-state index contributed by atoms with van der Waals surface area (Å²) in [5, 5.41) is 8.59. The molecule has 0 amide bonds. The number of hydrogen-bond acceptors (Lipinski definition) is 4. The van der Waals surface area contributed by atoms with Gasteiger partial charge in [-0.1, -0.05) is 0 Å². The van der Waals surface area contributed by atoms with E-state index in [4.69, 9.17) is 4.74 Å². The number of aromatic nitrogens is 2. The molecule has 108 valence electrons. The third kappa shape index (κ3) is 3.10. The monoisotopic (exact) mass is 293 g/mol. The second kappa shape index (κ2) is 6.23. The lowest BCUT2D eigenvalue weighted by Gasteiger charge is -2.14. The zero-order valence-electron chi connectivity index (χ0n) is 11.5. The molecule has 0 saturated carbocycles. The fraction of sp³-hybridized carbons (Fsp3) is 0.538.